The van der Waals surface area contributed by atoms with Crippen molar-refractivity contribution in [2.75, 3.05) is 36.4 Å². The van der Waals surface area contributed by atoms with E-state index in [0.29, 0.717) is 23.4 Å². The summed E-state index contributed by atoms with van der Waals surface area (Å²) in [6.45, 7) is 9.95. The van der Waals surface area contributed by atoms with Crippen molar-refractivity contribution < 1.29 is 8.42 Å². The van der Waals surface area contributed by atoms with Crippen molar-refractivity contribution in [1.29, 1.82) is 0 Å². The van der Waals surface area contributed by atoms with Gasteiger partial charge in [0.15, 0.2) is 5.96 Å². The van der Waals surface area contributed by atoms with E-state index in [9.17, 15) is 8.42 Å². The predicted molar refractivity (Wildman–Crippen MR) is 128 cm³/mol. The zero-order valence-electron chi connectivity index (χ0n) is 16.4. The average molecular weight is 527 g/mol. The van der Waals surface area contributed by atoms with Crippen LogP contribution in [0.4, 0.5) is 5.69 Å². The van der Waals surface area contributed by atoms with Crippen LogP contribution >= 0.6 is 35.7 Å². The molecule has 0 amide bonds. The molecule has 1 saturated heterocycles. The van der Waals surface area contributed by atoms with Crippen LogP contribution in [0.5, 0.6) is 0 Å². The first kappa shape index (κ1) is 24.4. The van der Waals surface area contributed by atoms with Gasteiger partial charge in [-0.15, -0.1) is 24.0 Å². The average Bonchev–Trinajstić information content (AvgIpc) is 2.57. The smallest absolute Gasteiger partial charge is 0.229 e. The summed E-state index contributed by atoms with van der Waals surface area (Å²) in [6, 6.07) is 7.38. The first-order valence-corrected chi connectivity index (χ1v) is 11.9. The second-order valence-electron chi connectivity index (χ2n) is 6.84. The number of benzene rings is 1. The number of hydrogen-bond donors (Lipinski definition) is 2. The van der Waals surface area contributed by atoms with Gasteiger partial charge >= 0.3 is 0 Å². The lowest BCUT2D eigenvalue weighted by molar-refractivity contribution is 0.381. The summed E-state index contributed by atoms with van der Waals surface area (Å²) in [6.07, 6.45) is 1.15. The number of aliphatic imine (C=N–C) groups is 1. The summed E-state index contributed by atoms with van der Waals surface area (Å²) in [7, 11) is -3.27. The van der Waals surface area contributed by atoms with Crippen molar-refractivity contribution in [2.24, 2.45) is 10.9 Å². The summed E-state index contributed by atoms with van der Waals surface area (Å²) in [5, 5.41) is 4.01. The minimum absolute atomic E-state index is 0. The third-order valence-corrected chi connectivity index (χ3v) is 6.26. The Kier molecular flexibility index (Phi) is 10.2. The second kappa shape index (κ2) is 11.4. The molecule has 1 fully saturated rings. The van der Waals surface area contributed by atoms with Gasteiger partial charge in [-0.3, -0.25) is 4.72 Å². The zero-order valence-corrected chi connectivity index (χ0v) is 20.4. The van der Waals surface area contributed by atoms with Gasteiger partial charge < -0.3 is 10.2 Å². The Bertz CT molecular complexity index is 726. The van der Waals surface area contributed by atoms with E-state index in [1.165, 1.54) is 0 Å². The monoisotopic (exact) mass is 526 g/mol. The molecule has 27 heavy (non-hydrogen) atoms. The van der Waals surface area contributed by atoms with E-state index in [2.05, 4.69) is 35.7 Å². The fraction of sp³-hybridized carbons (Fsp3) is 0.611. The molecule has 6 nitrogen and oxygen atoms in total. The maximum atomic E-state index is 11.4. The number of halogens is 1. The molecule has 0 saturated carbocycles. The summed E-state index contributed by atoms with van der Waals surface area (Å²) < 4.78 is 25.3. The van der Waals surface area contributed by atoms with E-state index in [4.69, 9.17) is 4.99 Å². The molecule has 0 bridgehead atoms. The molecule has 1 atom stereocenters. The van der Waals surface area contributed by atoms with Crippen LogP contribution in [0.15, 0.2) is 29.3 Å². The van der Waals surface area contributed by atoms with Gasteiger partial charge in [-0.25, -0.2) is 13.4 Å². The minimum atomic E-state index is -3.27. The van der Waals surface area contributed by atoms with E-state index >= 15 is 0 Å². The van der Waals surface area contributed by atoms with Gasteiger partial charge in [-0.05, 0) is 30.5 Å². The van der Waals surface area contributed by atoms with Crippen molar-refractivity contribution in [2.45, 2.75) is 32.6 Å². The Morgan fingerprint density at radius 1 is 1.41 bits per heavy atom. The molecule has 2 rings (SSSR count). The molecule has 2 N–H and O–H groups in total. The number of hydrogen-bond acceptors (Lipinski definition) is 4. The quantitative estimate of drug-likeness (QED) is 0.339. The molecule has 0 radical (unpaired) electrons. The lowest BCUT2D eigenvalue weighted by Crippen LogP contribution is -2.49. The molecular formula is C18H31IN4O2S2. The maximum Gasteiger partial charge on any atom is 0.229 e. The zero-order chi connectivity index (χ0) is 19.2. The molecular weight excluding hydrogens is 495 g/mol. The SMILES string of the molecule is CCNC(=NCc1cccc(NS(C)(=O)=O)c1)N1CCSC(C(C)C)C1.I. The highest BCUT2D eigenvalue weighted by atomic mass is 127. The fourth-order valence-corrected chi connectivity index (χ4v) is 4.66. The van der Waals surface area contributed by atoms with Crippen molar-refractivity contribution >= 4 is 57.4 Å². The number of rotatable bonds is 6. The first-order valence-electron chi connectivity index (χ1n) is 9.00. The van der Waals surface area contributed by atoms with E-state index in [1.54, 1.807) is 6.07 Å². The van der Waals surface area contributed by atoms with Crippen molar-refractivity contribution in [3.63, 3.8) is 0 Å². The summed E-state index contributed by atoms with van der Waals surface area (Å²) >= 11 is 2.04. The normalized spacial score (nSPS) is 18.2. The van der Waals surface area contributed by atoms with Crippen LogP contribution in [0.3, 0.4) is 0 Å². The fourth-order valence-electron chi connectivity index (χ4n) is 2.81. The van der Waals surface area contributed by atoms with Gasteiger partial charge in [-0.1, -0.05) is 26.0 Å². The van der Waals surface area contributed by atoms with Crippen LogP contribution in [-0.2, 0) is 16.6 Å². The van der Waals surface area contributed by atoms with Crippen LogP contribution in [0.2, 0.25) is 0 Å². The van der Waals surface area contributed by atoms with Gasteiger partial charge in [0, 0.05) is 36.3 Å². The Morgan fingerprint density at radius 3 is 2.78 bits per heavy atom. The Morgan fingerprint density at radius 2 is 2.15 bits per heavy atom. The van der Waals surface area contributed by atoms with Crippen molar-refractivity contribution in [1.82, 2.24) is 10.2 Å². The number of sulfonamides is 1. The van der Waals surface area contributed by atoms with Gasteiger partial charge in [0.25, 0.3) is 0 Å². The topological polar surface area (TPSA) is 73.8 Å². The summed E-state index contributed by atoms with van der Waals surface area (Å²) in [4.78, 5) is 7.12. The largest absolute Gasteiger partial charge is 0.357 e. The van der Waals surface area contributed by atoms with E-state index in [-0.39, 0.29) is 24.0 Å². The van der Waals surface area contributed by atoms with Crippen LogP contribution in [0.1, 0.15) is 26.3 Å². The number of anilines is 1. The van der Waals surface area contributed by atoms with Gasteiger partial charge in [-0.2, -0.15) is 11.8 Å². The van der Waals surface area contributed by atoms with E-state index < -0.39 is 10.0 Å². The Labute approximate surface area is 185 Å². The van der Waals surface area contributed by atoms with E-state index in [1.807, 2.05) is 30.0 Å². The number of nitrogens with zero attached hydrogens (tertiary/aromatic N) is 2. The minimum Gasteiger partial charge on any atom is -0.357 e. The second-order valence-corrected chi connectivity index (χ2v) is 9.94. The lowest BCUT2D eigenvalue weighted by Gasteiger charge is -2.36. The summed E-state index contributed by atoms with van der Waals surface area (Å²) in [5.74, 6) is 2.69. The van der Waals surface area contributed by atoms with Crippen molar-refractivity contribution in [3.05, 3.63) is 29.8 Å². The van der Waals surface area contributed by atoms with Gasteiger partial charge in [0.2, 0.25) is 10.0 Å². The Hall–Kier alpha value is -0.680. The van der Waals surface area contributed by atoms with Gasteiger partial charge in [0.05, 0.1) is 12.8 Å². The van der Waals surface area contributed by atoms with Gasteiger partial charge in [0.1, 0.15) is 0 Å². The number of thioether (sulfide) groups is 1. The molecule has 1 aromatic rings. The molecule has 0 aromatic heterocycles. The standard InChI is InChI=1S/C18H30N4O2S2.HI/c1-5-19-18(22-9-10-25-17(13-22)14(2)3)20-12-15-7-6-8-16(11-15)21-26(4,23)24;/h6-8,11,14,17,21H,5,9-10,12-13H2,1-4H3,(H,19,20);1H. The first-order chi connectivity index (χ1) is 12.3. The maximum absolute atomic E-state index is 11.4. The third kappa shape index (κ3) is 8.47. The molecule has 1 aliphatic rings. The van der Waals surface area contributed by atoms with Crippen LogP contribution in [-0.4, -0.2) is 56.2 Å². The van der Waals surface area contributed by atoms with Crippen LogP contribution in [0, 0.1) is 5.92 Å². The molecule has 0 spiro atoms. The molecule has 0 aliphatic carbocycles. The molecule has 1 aromatic carbocycles. The molecule has 1 unspecified atom stereocenters. The van der Waals surface area contributed by atoms with Crippen molar-refractivity contribution in [3.8, 4) is 0 Å². The highest BCUT2D eigenvalue weighted by Crippen LogP contribution is 2.25. The lowest BCUT2D eigenvalue weighted by atomic mass is 10.1. The van der Waals surface area contributed by atoms with Crippen LogP contribution in [0.25, 0.3) is 0 Å². The summed E-state index contributed by atoms with van der Waals surface area (Å²) in [5.41, 5.74) is 1.54. The number of guanidine groups is 1. The third-order valence-electron chi connectivity index (χ3n) is 4.11. The Balaban J connectivity index is 0.00000364. The highest BCUT2D eigenvalue weighted by molar-refractivity contribution is 14.0. The molecule has 1 aliphatic heterocycles. The molecule has 9 heteroatoms. The predicted octanol–water partition coefficient (Wildman–Crippen LogP) is 3.22. The highest BCUT2D eigenvalue weighted by Gasteiger charge is 2.24. The van der Waals surface area contributed by atoms with Crippen LogP contribution < -0.4 is 10.0 Å². The number of nitrogens with one attached hydrogen (secondary N) is 2. The van der Waals surface area contributed by atoms with E-state index in [0.717, 1.165) is 43.2 Å². The molecule has 1 heterocycles. The molecule has 154 valence electrons.